The number of rotatable bonds is 4. The maximum atomic E-state index is 11.5. The van der Waals surface area contributed by atoms with E-state index in [0.717, 1.165) is 0 Å². The average molecular weight is 226 g/mol. The topological polar surface area (TPSA) is 41.1 Å². The van der Waals surface area contributed by atoms with Gasteiger partial charge in [0.2, 0.25) is 5.91 Å². The van der Waals surface area contributed by atoms with E-state index in [1.165, 1.54) is 25.7 Å². The minimum atomic E-state index is 0.110. The molecule has 1 atom stereocenters. The molecule has 1 aliphatic rings. The smallest absolute Gasteiger partial charge is 0.234 e. The molecule has 94 valence electrons. The zero-order valence-corrected chi connectivity index (χ0v) is 11.1. The van der Waals surface area contributed by atoms with E-state index in [2.05, 4.69) is 24.5 Å². The van der Waals surface area contributed by atoms with Gasteiger partial charge in [-0.3, -0.25) is 4.79 Å². The van der Waals surface area contributed by atoms with Crippen LogP contribution >= 0.6 is 0 Å². The molecule has 1 unspecified atom stereocenters. The van der Waals surface area contributed by atoms with Gasteiger partial charge in [0.1, 0.15) is 0 Å². The fourth-order valence-corrected chi connectivity index (χ4v) is 2.48. The predicted octanol–water partition coefficient (Wildman–Crippen LogP) is 2.07. The molecular weight excluding hydrogens is 200 g/mol. The maximum absolute atomic E-state index is 11.5. The third kappa shape index (κ3) is 4.97. The highest BCUT2D eigenvalue weighted by Crippen LogP contribution is 2.34. The van der Waals surface area contributed by atoms with Gasteiger partial charge in [-0.25, -0.2) is 0 Å². The summed E-state index contributed by atoms with van der Waals surface area (Å²) >= 11 is 0. The Bertz CT molecular complexity index is 236. The molecule has 0 bridgehead atoms. The summed E-state index contributed by atoms with van der Waals surface area (Å²) in [6.45, 7) is 9.06. The van der Waals surface area contributed by atoms with Gasteiger partial charge in [-0.05, 0) is 38.5 Å². The minimum absolute atomic E-state index is 0.110. The van der Waals surface area contributed by atoms with Crippen molar-refractivity contribution < 1.29 is 4.79 Å². The summed E-state index contributed by atoms with van der Waals surface area (Å²) in [6, 6.07) is 0.749. The van der Waals surface area contributed by atoms with Crippen molar-refractivity contribution >= 4 is 5.91 Å². The molecule has 3 nitrogen and oxygen atoms in total. The van der Waals surface area contributed by atoms with E-state index >= 15 is 0 Å². The molecule has 0 aromatic carbocycles. The Balaban J connectivity index is 2.24. The molecule has 1 aliphatic carbocycles. The van der Waals surface area contributed by atoms with Crippen LogP contribution in [-0.4, -0.2) is 24.5 Å². The maximum Gasteiger partial charge on any atom is 0.234 e. The second-order valence-corrected chi connectivity index (χ2v) is 6.06. The molecule has 1 amide bonds. The molecule has 0 spiro atoms. The van der Waals surface area contributed by atoms with Gasteiger partial charge in [0.15, 0.2) is 0 Å². The Labute approximate surface area is 99.4 Å². The number of carbonyl (C=O) groups excluding carboxylic acids is 1. The molecular formula is C13H26N2O. The molecule has 16 heavy (non-hydrogen) atoms. The highest BCUT2D eigenvalue weighted by Gasteiger charge is 2.27. The first kappa shape index (κ1) is 13.5. The summed E-state index contributed by atoms with van der Waals surface area (Å²) in [5.41, 5.74) is 0.435. The van der Waals surface area contributed by atoms with Crippen LogP contribution in [0, 0.1) is 5.41 Å². The molecule has 0 aromatic rings. The quantitative estimate of drug-likeness (QED) is 0.770. The summed E-state index contributed by atoms with van der Waals surface area (Å²) in [5, 5.41) is 6.27. The van der Waals surface area contributed by atoms with E-state index in [9.17, 15) is 4.79 Å². The lowest BCUT2D eigenvalue weighted by Crippen LogP contribution is -2.44. The van der Waals surface area contributed by atoms with Crippen LogP contribution in [0.4, 0.5) is 0 Å². The lowest BCUT2D eigenvalue weighted by molar-refractivity contribution is -0.120. The van der Waals surface area contributed by atoms with Crippen LogP contribution in [0.15, 0.2) is 0 Å². The lowest BCUT2D eigenvalue weighted by Gasteiger charge is -2.35. The van der Waals surface area contributed by atoms with Crippen molar-refractivity contribution in [3.8, 4) is 0 Å². The Morgan fingerprint density at radius 3 is 2.69 bits per heavy atom. The Kier molecular flexibility index (Phi) is 4.78. The van der Waals surface area contributed by atoms with Crippen molar-refractivity contribution in [2.24, 2.45) is 5.41 Å². The molecule has 3 heteroatoms. The van der Waals surface area contributed by atoms with Gasteiger partial charge >= 0.3 is 0 Å². The Morgan fingerprint density at radius 1 is 1.44 bits per heavy atom. The highest BCUT2D eigenvalue weighted by molar-refractivity contribution is 5.78. The van der Waals surface area contributed by atoms with E-state index in [1.54, 1.807) is 0 Å². The lowest BCUT2D eigenvalue weighted by atomic mass is 9.75. The van der Waals surface area contributed by atoms with Crippen molar-refractivity contribution in [2.75, 3.05) is 6.54 Å². The van der Waals surface area contributed by atoms with Gasteiger partial charge in [0.05, 0.1) is 6.54 Å². The monoisotopic (exact) mass is 226 g/mol. The molecule has 1 rings (SSSR count). The second-order valence-electron chi connectivity index (χ2n) is 6.06. The third-order valence-corrected chi connectivity index (χ3v) is 3.21. The molecule has 0 saturated heterocycles. The summed E-state index contributed by atoms with van der Waals surface area (Å²) < 4.78 is 0. The van der Waals surface area contributed by atoms with Crippen LogP contribution in [0.2, 0.25) is 0 Å². The summed E-state index contributed by atoms with van der Waals surface area (Å²) in [6.07, 6.45) is 4.97. The van der Waals surface area contributed by atoms with Crippen LogP contribution in [0.25, 0.3) is 0 Å². The van der Waals surface area contributed by atoms with E-state index in [1.807, 2.05) is 13.8 Å². The Morgan fingerprint density at radius 2 is 2.12 bits per heavy atom. The van der Waals surface area contributed by atoms with E-state index in [-0.39, 0.29) is 11.9 Å². The largest absolute Gasteiger partial charge is 0.353 e. The van der Waals surface area contributed by atoms with Crippen LogP contribution in [0.1, 0.15) is 53.4 Å². The number of nitrogens with one attached hydrogen (secondary N) is 2. The van der Waals surface area contributed by atoms with E-state index in [4.69, 9.17) is 0 Å². The summed E-state index contributed by atoms with van der Waals surface area (Å²) in [7, 11) is 0. The number of hydrogen-bond acceptors (Lipinski definition) is 2. The SMILES string of the molecule is CC(C)NC(=O)CNC1CCCC(C)(C)C1. The zero-order valence-electron chi connectivity index (χ0n) is 11.1. The van der Waals surface area contributed by atoms with Crippen molar-refractivity contribution in [3.05, 3.63) is 0 Å². The molecule has 0 heterocycles. The van der Waals surface area contributed by atoms with Crippen LogP contribution in [0.5, 0.6) is 0 Å². The molecule has 0 radical (unpaired) electrons. The fraction of sp³-hybridized carbons (Fsp3) is 0.923. The molecule has 0 aliphatic heterocycles. The van der Waals surface area contributed by atoms with Gasteiger partial charge in [-0.1, -0.05) is 20.3 Å². The molecule has 1 saturated carbocycles. The number of hydrogen-bond donors (Lipinski definition) is 2. The first-order valence-corrected chi connectivity index (χ1v) is 6.42. The van der Waals surface area contributed by atoms with Crippen LogP contribution in [0.3, 0.4) is 0 Å². The van der Waals surface area contributed by atoms with Crippen LogP contribution < -0.4 is 10.6 Å². The molecule has 0 aromatic heterocycles. The van der Waals surface area contributed by atoms with Crippen molar-refractivity contribution in [3.63, 3.8) is 0 Å². The Hall–Kier alpha value is -0.570. The zero-order chi connectivity index (χ0) is 12.2. The van der Waals surface area contributed by atoms with Gasteiger partial charge in [-0.2, -0.15) is 0 Å². The fourth-order valence-electron chi connectivity index (χ4n) is 2.48. The molecule has 2 N–H and O–H groups in total. The average Bonchev–Trinajstić information content (AvgIpc) is 2.12. The molecule has 1 fully saturated rings. The van der Waals surface area contributed by atoms with Crippen molar-refractivity contribution in [1.29, 1.82) is 0 Å². The van der Waals surface area contributed by atoms with Crippen molar-refractivity contribution in [2.45, 2.75) is 65.5 Å². The van der Waals surface area contributed by atoms with E-state index in [0.29, 0.717) is 18.0 Å². The van der Waals surface area contributed by atoms with Gasteiger partial charge in [-0.15, -0.1) is 0 Å². The van der Waals surface area contributed by atoms with Gasteiger partial charge in [0, 0.05) is 12.1 Å². The minimum Gasteiger partial charge on any atom is -0.353 e. The van der Waals surface area contributed by atoms with E-state index < -0.39 is 0 Å². The normalized spacial score (nSPS) is 24.4. The summed E-state index contributed by atoms with van der Waals surface area (Å²) in [5.74, 6) is 0.110. The third-order valence-electron chi connectivity index (χ3n) is 3.21. The van der Waals surface area contributed by atoms with Crippen LogP contribution in [-0.2, 0) is 4.79 Å². The summed E-state index contributed by atoms with van der Waals surface area (Å²) in [4.78, 5) is 11.5. The second kappa shape index (κ2) is 5.67. The first-order chi connectivity index (χ1) is 7.39. The highest BCUT2D eigenvalue weighted by atomic mass is 16.1. The standard InChI is InChI=1S/C13H26N2O/c1-10(2)15-12(16)9-14-11-6-5-7-13(3,4)8-11/h10-11,14H,5-9H2,1-4H3,(H,15,16). The van der Waals surface area contributed by atoms with Gasteiger partial charge in [0.25, 0.3) is 0 Å². The predicted molar refractivity (Wildman–Crippen MR) is 67.3 cm³/mol. The number of carbonyl (C=O) groups is 1. The first-order valence-electron chi connectivity index (χ1n) is 6.42. The van der Waals surface area contributed by atoms with Gasteiger partial charge < -0.3 is 10.6 Å². The van der Waals surface area contributed by atoms with Crippen molar-refractivity contribution in [1.82, 2.24) is 10.6 Å². The number of amides is 1.